The van der Waals surface area contributed by atoms with Crippen molar-refractivity contribution in [2.75, 3.05) is 7.11 Å². The lowest BCUT2D eigenvalue weighted by atomic mass is 10.0. The van der Waals surface area contributed by atoms with E-state index in [1.54, 1.807) is 72.8 Å². The number of para-hydroxylation sites is 1. The molecule has 0 fully saturated rings. The van der Waals surface area contributed by atoms with E-state index in [0.29, 0.717) is 21.9 Å². The molecule has 4 aromatic rings. The van der Waals surface area contributed by atoms with Crippen LogP contribution in [0.15, 0.2) is 82.7 Å². The van der Waals surface area contributed by atoms with Crippen LogP contribution in [0.5, 0.6) is 11.5 Å². The molecule has 0 saturated heterocycles. The number of H-pyrrole nitrogens is 1. The van der Waals surface area contributed by atoms with Crippen LogP contribution in [0.3, 0.4) is 0 Å². The zero-order valence-electron chi connectivity index (χ0n) is 18.6. The molecule has 1 aromatic heterocycles. The largest absolute Gasteiger partial charge is 0.504 e. The van der Waals surface area contributed by atoms with E-state index in [0.717, 1.165) is 0 Å². The van der Waals surface area contributed by atoms with Crippen molar-refractivity contribution in [1.82, 2.24) is 20.9 Å². The third-order valence-corrected chi connectivity index (χ3v) is 5.20. The number of nitrogens with zero attached hydrogens (tertiary/aromatic N) is 2. The number of amides is 2. The zero-order chi connectivity index (χ0) is 24.8. The number of hydrazone groups is 1. The van der Waals surface area contributed by atoms with Crippen molar-refractivity contribution in [2.24, 2.45) is 5.10 Å². The fraction of sp³-hybridized carbons (Fsp3) is 0.0800. The van der Waals surface area contributed by atoms with Gasteiger partial charge < -0.3 is 15.2 Å². The first-order valence-corrected chi connectivity index (χ1v) is 10.5. The second kappa shape index (κ2) is 10.3. The Balaban J connectivity index is 1.67. The van der Waals surface area contributed by atoms with Crippen LogP contribution >= 0.6 is 0 Å². The number of aromatic amines is 1. The smallest absolute Gasteiger partial charge is 0.272 e. The number of ether oxygens (including phenoxy) is 1. The van der Waals surface area contributed by atoms with Gasteiger partial charge in [-0.1, -0.05) is 42.5 Å². The van der Waals surface area contributed by atoms with E-state index in [4.69, 9.17) is 4.74 Å². The molecule has 0 bridgehead atoms. The molecule has 0 radical (unpaired) electrons. The highest BCUT2D eigenvalue weighted by Crippen LogP contribution is 2.28. The van der Waals surface area contributed by atoms with Gasteiger partial charge in [0.2, 0.25) is 0 Å². The first-order valence-electron chi connectivity index (χ1n) is 10.5. The summed E-state index contributed by atoms with van der Waals surface area (Å²) in [5, 5.41) is 23.9. The second-order valence-electron chi connectivity index (χ2n) is 7.39. The molecule has 0 aliphatic rings. The summed E-state index contributed by atoms with van der Waals surface area (Å²) < 4.78 is 5.06. The predicted octanol–water partition coefficient (Wildman–Crippen LogP) is 2.26. The molecule has 4 N–H and O–H groups in total. The highest BCUT2D eigenvalue weighted by Gasteiger charge is 2.27. The van der Waals surface area contributed by atoms with Crippen molar-refractivity contribution in [3.63, 3.8) is 0 Å². The van der Waals surface area contributed by atoms with Crippen LogP contribution in [0.1, 0.15) is 27.7 Å². The minimum atomic E-state index is -1.29. The molecular formula is C25H21N5O5. The SMILES string of the molecule is COc1cccc(/C=N/NC(=O)[C@H](NC(=O)c2ccccc2)c2n[nH]c(=O)c3ccccc23)c1O. The van der Waals surface area contributed by atoms with Gasteiger partial charge >= 0.3 is 0 Å². The Kier molecular flexibility index (Phi) is 6.82. The summed E-state index contributed by atoms with van der Waals surface area (Å²) in [5.74, 6) is -1.12. The van der Waals surface area contributed by atoms with Crippen molar-refractivity contribution < 1.29 is 19.4 Å². The molecule has 4 rings (SSSR count). The van der Waals surface area contributed by atoms with Crippen molar-refractivity contribution >= 4 is 28.8 Å². The van der Waals surface area contributed by atoms with Gasteiger partial charge in [-0.3, -0.25) is 14.4 Å². The highest BCUT2D eigenvalue weighted by atomic mass is 16.5. The molecule has 176 valence electrons. The minimum absolute atomic E-state index is 0.140. The Labute approximate surface area is 199 Å². The van der Waals surface area contributed by atoms with Crippen molar-refractivity contribution in [3.05, 3.63) is 100.0 Å². The number of aromatic nitrogens is 2. The zero-order valence-corrected chi connectivity index (χ0v) is 18.6. The van der Waals surface area contributed by atoms with Gasteiger partial charge in [-0.05, 0) is 30.3 Å². The van der Waals surface area contributed by atoms with E-state index in [-0.39, 0.29) is 17.2 Å². The van der Waals surface area contributed by atoms with E-state index in [1.165, 1.54) is 13.3 Å². The first-order chi connectivity index (χ1) is 17.0. The minimum Gasteiger partial charge on any atom is -0.504 e. The van der Waals surface area contributed by atoms with Crippen LogP contribution < -0.4 is 21.0 Å². The number of carbonyl (C=O) groups excluding carboxylic acids is 2. The molecule has 0 aliphatic carbocycles. The van der Waals surface area contributed by atoms with Gasteiger partial charge in [0, 0.05) is 16.5 Å². The van der Waals surface area contributed by atoms with Gasteiger partial charge in [0.1, 0.15) is 5.69 Å². The average Bonchev–Trinajstić information content (AvgIpc) is 2.89. The number of rotatable bonds is 7. The van der Waals surface area contributed by atoms with E-state index < -0.39 is 23.4 Å². The Hall–Kier alpha value is -4.99. The van der Waals surface area contributed by atoms with Gasteiger partial charge in [0.25, 0.3) is 17.4 Å². The molecule has 0 unspecified atom stereocenters. The summed E-state index contributed by atoms with van der Waals surface area (Å²) in [6, 6.07) is 18.5. The molecule has 0 spiro atoms. The van der Waals surface area contributed by atoms with Gasteiger partial charge in [-0.15, -0.1) is 0 Å². The molecule has 0 saturated carbocycles. The number of nitrogens with one attached hydrogen (secondary N) is 3. The van der Waals surface area contributed by atoms with E-state index in [2.05, 4.69) is 26.0 Å². The van der Waals surface area contributed by atoms with Crippen LogP contribution in [0, 0.1) is 0 Å². The lowest BCUT2D eigenvalue weighted by Crippen LogP contribution is -2.40. The Morgan fingerprint density at radius 2 is 1.74 bits per heavy atom. The summed E-state index contributed by atoms with van der Waals surface area (Å²) in [4.78, 5) is 38.3. The molecule has 3 aromatic carbocycles. The fourth-order valence-corrected chi connectivity index (χ4v) is 3.46. The molecule has 1 heterocycles. The normalized spacial score (nSPS) is 11.8. The molecule has 10 heteroatoms. The van der Waals surface area contributed by atoms with Crippen molar-refractivity contribution in [2.45, 2.75) is 6.04 Å². The number of benzene rings is 3. The quantitative estimate of drug-likeness (QED) is 0.240. The molecule has 1 atom stereocenters. The lowest BCUT2D eigenvalue weighted by Gasteiger charge is -2.18. The molecular weight excluding hydrogens is 450 g/mol. The Morgan fingerprint density at radius 3 is 2.49 bits per heavy atom. The maximum Gasteiger partial charge on any atom is 0.272 e. The number of hydrogen-bond donors (Lipinski definition) is 4. The van der Waals surface area contributed by atoms with Crippen molar-refractivity contribution in [1.29, 1.82) is 0 Å². The van der Waals surface area contributed by atoms with Crippen LogP contribution in [0.25, 0.3) is 10.8 Å². The van der Waals surface area contributed by atoms with E-state index >= 15 is 0 Å². The Bertz CT molecular complexity index is 1470. The fourth-order valence-electron chi connectivity index (χ4n) is 3.46. The summed E-state index contributed by atoms with van der Waals surface area (Å²) in [6.45, 7) is 0. The first kappa shape index (κ1) is 23.2. The average molecular weight is 471 g/mol. The third kappa shape index (κ3) is 5.01. The number of carbonyl (C=O) groups is 2. The van der Waals surface area contributed by atoms with Crippen LogP contribution in [-0.4, -0.2) is 40.4 Å². The monoisotopic (exact) mass is 471 g/mol. The maximum absolute atomic E-state index is 13.2. The van der Waals surface area contributed by atoms with Crippen LogP contribution in [0.4, 0.5) is 0 Å². The number of aromatic hydroxyl groups is 1. The number of phenols is 1. The predicted molar refractivity (Wildman–Crippen MR) is 129 cm³/mol. The lowest BCUT2D eigenvalue weighted by molar-refractivity contribution is -0.123. The maximum atomic E-state index is 13.2. The molecule has 35 heavy (non-hydrogen) atoms. The molecule has 10 nitrogen and oxygen atoms in total. The Morgan fingerprint density at radius 1 is 1.03 bits per heavy atom. The second-order valence-corrected chi connectivity index (χ2v) is 7.39. The summed E-state index contributed by atoms with van der Waals surface area (Å²) in [5.41, 5.74) is 2.72. The third-order valence-electron chi connectivity index (χ3n) is 5.20. The van der Waals surface area contributed by atoms with Crippen molar-refractivity contribution in [3.8, 4) is 11.5 Å². The van der Waals surface area contributed by atoms with Crippen LogP contribution in [0.2, 0.25) is 0 Å². The van der Waals surface area contributed by atoms with Gasteiger partial charge in [-0.2, -0.15) is 10.2 Å². The van der Waals surface area contributed by atoms with Crippen LogP contribution in [-0.2, 0) is 4.79 Å². The molecule has 2 amide bonds. The topological polar surface area (TPSA) is 146 Å². The van der Waals surface area contributed by atoms with Gasteiger partial charge in [0.15, 0.2) is 17.5 Å². The standard InChI is InChI=1S/C25H21N5O5/c1-35-19-13-7-10-16(22(19)31)14-26-29-25(34)21(27-23(32)15-8-3-2-4-9-15)20-17-11-5-6-12-18(17)24(33)30-28-20/h2-14,21,31H,1H3,(H,27,32)(H,29,34)(H,30,33)/b26-14+/t21-/m1/s1. The van der Waals surface area contributed by atoms with Gasteiger partial charge in [0.05, 0.1) is 18.7 Å². The number of methoxy groups -OCH3 is 1. The number of fused-ring (bicyclic) bond motifs is 1. The highest BCUT2D eigenvalue weighted by molar-refractivity contribution is 5.99. The summed E-state index contributed by atoms with van der Waals surface area (Å²) >= 11 is 0. The summed E-state index contributed by atoms with van der Waals surface area (Å²) in [7, 11) is 1.42. The number of hydrogen-bond acceptors (Lipinski definition) is 7. The van der Waals surface area contributed by atoms with E-state index in [9.17, 15) is 19.5 Å². The van der Waals surface area contributed by atoms with E-state index in [1.807, 2.05) is 0 Å². The molecule has 0 aliphatic heterocycles. The van der Waals surface area contributed by atoms with Gasteiger partial charge in [-0.25, -0.2) is 10.5 Å². The summed E-state index contributed by atoms with van der Waals surface area (Å²) in [6.07, 6.45) is 1.24. The number of phenolic OH excluding ortho intramolecular Hbond substituents is 1.